The smallest absolute Gasteiger partial charge is 0.337 e. The molecule has 122 valence electrons. The SMILES string of the molecule is CC[C@H](C)[C@H](NS(=O)(=O)c1ccc(C(=O)OC)cc1)C(=O)O. The number of ether oxygens (including phenoxy) is 1. The van der Waals surface area contributed by atoms with Crippen LogP contribution >= 0.6 is 0 Å². The van der Waals surface area contributed by atoms with E-state index >= 15 is 0 Å². The number of nitrogens with one attached hydrogen (secondary N) is 1. The summed E-state index contributed by atoms with van der Waals surface area (Å²) in [7, 11) is -2.77. The number of rotatable bonds is 7. The molecule has 1 aromatic carbocycles. The maximum absolute atomic E-state index is 12.2. The molecule has 0 aliphatic heterocycles. The highest BCUT2D eigenvalue weighted by atomic mass is 32.2. The van der Waals surface area contributed by atoms with E-state index in [1.54, 1.807) is 13.8 Å². The van der Waals surface area contributed by atoms with Crippen molar-refractivity contribution in [1.82, 2.24) is 4.72 Å². The molecule has 7 nitrogen and oxygen atoms in total. The number of carbonyl (C=O) groups is 2. The Hall–Kier alpha value is -1.93. The second kappa shape index (κ2) is 7.37. The van der Waals surface area contributed by atoms with Crippen LogP contribution in [0.15, 0.2) is 29.2 Å². The van der Waals surface area contributed by atoms with Gasteiger partial charge in [0.1, 0.15) is 6.04 Å². The van der Waals surface area contributed by atoms with Gasteiger partial charge in [-0.2, -0.15) is 4.72 Å². The average molecular weight is 329 g/mol. The number of carboxylic acids is 1. The van der Waals surface area contributed by atoms with E-state index in [4.69, 9.17) is 5.11 Å². The second-order valence-corrected chi connectivity index (χ2v) is 6.55. The summed E-state index contributed by atoms with van der Waals surface area (Å²) in [5.74, 6) is -2.18. The molecule has 0 saturated carbocycles. The van der Waals surface area contributed by atoms with Gasteiger partial charge >= 0.3 is 11.9 Å². The van der Waals surface area contributed by atoms with Crippen LogP contribution < -0.4 is 4.72 Å². The molecule has 2 atom stereocenters. The fraction of sp³-hybridized carbons (Fsp3) is 0.429. The molecule has 0 saturated heterocycles. The molecule has 1 aromatic rings. The first-order valence-electron chi connectivity index (χ1n) is 6.66. The van der Waals surface area contributed by atoms with Crippen molar-refractivity contribution in [2.45, 2.75) is 31.2 Å². The fourth-order valence-corrected chi connectivity index (χ4v) is 3.07. The number of benzene rings is 1. The molecule has 1 rings (SSSR count). The van der Waals surface area contributed by atoms with Crippen LogP contribution in [0, 0.1) is 5.92 Å². The van der Waals surface area contributed by atoms with Gasteiger partial charge in [0.25, 0.3) is 0 Å². The molecule has 0 bridgehead atoms. The van der Waals surface area contributed by atoms with E-state index in [0.717, 1.165) is 0 Å². The molecule has 0 spiro atoms. The molecule has 2 N–H and O–H groups in total. The molecule has 0 amide bonds. The highest BCUT2D eigenvalue weighted by molar-refractivity contribution is 7.89. The molecule has 0 fully saturated rings. The molecule has 0 aliphatic rings. The van der Waals surface area contributed by atoms with Gasteiger partial charge in [0, 0.05) is 0 Å². The van der Waals surface area contributed by atoms with Crippen molar-refractivity contribution in [1.29, 1.82) is 0 Å². The first-order chi connectivity index (χ1) is 10.2. The number of aliphatic carboxylic acids is 1. The van der Waals surface area contributed by atoms with Gasteiger partial charge < -0.3 is 9.84 Å². The van der Waals surface area contributed by atoms with E-state index in [1.807, 2.05) is 0 Å². The van der Waals surface area contributed by atoms with Crippen LogP contribution in [0.2, 0.25) is 0 Å². The Kier molecular flexibility index (Phi) is 6.07. The molecular formula is C14H19NO6S. The van der Waals surface area contributed by atoms with Crippen molar-refractivity contribution < 1.29 is 27.9 Å². The van der Waals surface area contributed by atoms with Crippen molar-refractivity contribution in [3.05, 3.63) is 29.8 Å². The van der Waals surface area contributed by atoms with E-state index in [9.17, 15) is 18.0 Å². The first kappa shape index (κ1) is 18.1. The van der Waals surface area contributed by atoms with Crippen molar-refractivity contribution in [2.75, 3.05) is 7.11 Å². The minimum atomic E-state index is -3.99. The molecule has 0 radical (unpaired) electrons. The third-order valence-corrected chi connectivity index (χ3v) is 4.80. The van der Waals surface area contributed by atoms with Crippen LogP contribution in [0.3, 0.4) is 0 Å². The first-order valence-corrected chi connectivity index (χ1v) is 8.14. The zero-order chi connectivity index (χ0) is 16.9. The van der Waals surface area contributed by atoms with Gasteiger partial charge in [-0.25, -0.2) is 13.2 Å². The predicted molar refractivity (Wildman–Crippen MR) is 79.0 cm³/mol. The number of hydrogen-bond donors (Lipinski definition) is 2. The zero-order valence-corrected chi connectivity index (χ0v) is 13.4. The number of sulfonamides is 1. The molecule has 22 heavy (non-hydrogen) atoms. The number of methoxy groups -OCH3 is 1. The topological polar surface area (TPSA) is 110 Å². The Morgan fingerprint density at radius 1 is 1.27 bits per heavy atom. The van der Waals surface area contributed by atoms with Crippen molar-refractivity contribution >= 4 is 22.0 Å². The van der Waals surface area contributed by atoms with Crippen LogP contribution in [0.1, 0.15) is 30.6 Å². The van der Waals surface area contributed by atoms with E-state index in [0.29, 0.717) is 6.42 Å². The maximum Gasteiger partial charge on any atom is 0.337 e. The van der Waals surface area contributed by atoms with E-state index in [1.165, 1.54) is 31.4 Å². The summed E-state index contributed by atoms with van der Waals surface area (Å²) >= 11 is 0. The number of hydrogen-bond acceptors (Lipinski definition) is 5. The van der Waals surface area contributed by atoms with Crippen molar-refractivity contribution in [3.8, 4) is 0 Å². The lowest BCUT2D eigenvalue weighted by Gasteiger charge is -2.20. The minimum absolute atomic E-state index is 0.116. The summed E-state index contributed by atoms with van der Waals surface area (Å²) in [5.41, 5.74) is 0.207. The third kappa shape index (κ3) is 4.28. The summed E-state index contributed by atoms with van der Waals surface area (Å²) < 4.78 is 31.2. The molecular weight excluding hydrogens is 310 g/mol. The van der Waals surface area contributed by atoms with Crippen LogP contribution in [0.4, 0.5) is 0 Å². The van der Waals surface area contributed by atoms with Gasteiger partial charge in [-0.15, -0.1) is 0 Å². The second-order valence-electron chi connectivity index (χ2n) is 4.84. The van der Waals surface area contributed by atoms with E-state index in [2.05, 4.69) is 9.46 Å². The Morgan fingerprint density at radius 2 is 1.82 bits per heavy atom. The van der Waals surface area contributed by atoms with Crippen LogP contribution in [-0.2, 0) is 19.6 Å². The quantitative estimate of drug-likeness (QED) is 0.729. The molecule has 0 aromatic heterocycles. The summed E-state index contributed by atoms with van der Waals surface area (Å²) in [4.78, 5) is 22.4. The lowest BCUT2D eigenvalue weighted by atomic mass is 10.0. The summed E-state index contributed by atoms with van der Waals surface area (Å²) in [6.45, 7) is 3.43. The Bertz CT molecular complexity index is 638. The normalized spacial score (nSPS) is 14.1. The Labute approximate surface area is 129 Å². The summed E-state index contributed by atoms with van der Waals surface area (Å²) in [6, 6.07) is 3.85. The van der Waals surface area contributed by atoms with Gasteiger partial charge in [0.05, 0.1) is 17.6 Å². The molecule has 0 heterocycles. The average Bonchev–Trinajstić information content (AvgIpc) is 2.51. The third-order valence-electron chi connectivity index (χ3n) is 3.35. The van der Waals surface area contributed by atoms with E-state index < -0.39 is 28.0 Å². The monoisotopic (exact) mass is 329 g/mol. The van der Waals surface area contributed by atoms with Crippen LogP contribution in [-0.4, -0.2) is 38.6 Å². The summed E-state index contributed by atoms with van der Waals surface area (Å²) in [6.07, 6.45) is 0.515. The highest BCUT2D eigenvalue weighted by Crippen LogP contribution is 2.15. The van der Waals surface area contributed by atoms with Gasteiger partial charge in [-0.3, -0.25) is 4.79 Å². The number of carboxylic acid groups (broad SMARTS) is 1. The summed E-state index contributed by atoms with van der Waals surface area (Å²) in [5, 5.41) is 9.15. The van der Waals surface area contributed by atoms with Crippen LogP contribution in [0.5, 0.6) is 0 Å². The molecule has 0 unspecified atom stereocenters. The highest BCUT2D eigenvalue weighted by Gasteiger charge is 2.29. The van der Waals surface area contributed by atoms with Crippen molar-refractivity contribution in [3.63, 3.8) is 0 Å². The predicted octanol–water partition coefficient (Wildman–Crippen LogP) is 1.25. The van der Waals surface area contributed by atoms with Gasteiger partial charge in [-0.05, 0) is 30.2 Å². The van der Waals surface area contributed by atoms with Gasteiger partial charge in [-0.1, -0.05) is 20.3 Å². The zero-order valence-electron chi connectivity index (χ0n) is 12.6. The maximum atomic E-state index is 12.2. The molecule has 8 heteroatoms. The largest absolute Gasteiger partial charge is 0.480 e. The van der Waals surface area contributed by atoms with Gasteiger partial charge in [0.15, 0.2) is 0 Å². The Balaban J connectivity index is 3.03. The molecule has 0 aliphatic carbocycles. The lowest BCUT2D eigenvalue weighted by molar-refractivity contribution is -0.140. The Morgan fingerprint density at radius 3 is 2.23 bits per heavy atom. The number of carbonyl (C=O) groups excluding carboxylic acids is 1. The van der Waals surface area contributed by atoms with Gasteiger partial charge in [0.2, 0.25) is 10.0 Å². The standard InChI is InChI=1S/C14H19NO6S/c1-4-9(2)12(13(16)17)15-22(19,20)11-7-5-10(6-8-11)14(18)21-3/h5-9,12,15H,4H2,1-3H3,(H,16,17)/t9-,12-/m0/s1. The number of esters is 1. The minimum Gasteiger partial charge on any atom is -0.480 e. The lowest BCUT2D eigenvalue weighted by Crippen LogP contribution is -2.44. The van der Waals surface area contributed by atoms with E-state index in [-0.39, 0.29) is 16.4 Å². The fourth-order valence-electron chi connectivity index (χ4n) is 1.77. The van der Waals surface area contributed by atoms with Crippen LogP contribution in [0.25, 0.3) is 0 Å². The van der Waals surface area contributed by atoms with Crippen molar-refractivity contribution in [2.24, 2.45) is 5.92 Å².